The highest BCUT2D eigenvalue weighted by atomic mass is 35.5. The molecule has 0 aromatic heterocycles. The molecule has 0 amide bonds. The van der Waals surface area contributed by atoms with Gasteiger partial charge in [-0.1, -0.05) is 17.7 Å². The van der Waals surface area contributed by atoms with Crippen LogP contribution in [-0.4, -0.2) is 17.4 Å². The molecule has 3 nitrogen and oxygen atoms in total. The maximum Gasteiger partial charge on any atom is 0.336 e. The van der Waals surface area contributed by atoms with Crippen LogP contribution in [0.25, 0.3) is 6.08 Å². The molecule has 1 N–H and O–H groups in total. The van der Waals surface area contributed by atoms with Crippen molar-refractivity contribution in [2.75, 3.05) is 0 Å². The van der Waals surface area contributed by atoms with E-state index in [1.165, 1.54) is 30.4 Å². The van der Waals surface area contributed by atoms with Crippen molar-refractivity contribution in [1.82, 2.24) is 0 Å². The van der Waals surface area contributed by atoms with Crippen molar-refractivity contribution in [3.05, 3.63) is 40.4 Å². The molecule has 14 heavy (non-hydrogen) atoms. The summed E-state index contributed by atoms with van der Waals surface area (Å²) in [6.07, 6.45) is 3.20. The quantitative estimate of drug-likeness (QED) is 0.615. The molecule has 1 aromatic carbocycles. The van der Waals surface area contributed by atoms with Crippen molar-refractivity contribution in [2.24, 2.45) is 0 Å². The van der Waals surface area contributed by atoms with Gasteiger partial charge in [0, 0.05) is 5.02 Å². The molecule has 0 aliphatic rings. The van der Waals surface area contributed by atoms with E-state index in [1.54, 1.807) is 0 Å². The molecule has 0 radical (unpaired) electrons. The number of aromatic carboxylic acids is 1. The van der Waals surface area contributed by atoms with Gasteiger partial charge in [-0.3, -0.25) is 4.79 Å². The van der Waals surface area contributed by atoms with Crippen molar-refractivity contribution >= 4 is 29.9 Å². The zero-order valence-corrected chi connectivity index (χ0v) is 7.86. The SMILES string of the molecule is O=CC=Cc1cc(Cl)ccc1C(=O)O. The minimum absolute atomic E-state index is 0.118. The summed E-state index contributed by atoms with van der Waals surface area (Å²) in [6, 6.07) is 4.38. The van der Waals surface area contributed by atoms with E-state index in [0.717, 1.165) is 0 Å². The normalized spacial score (nSPS) is 10.4. The van der Waals surface area contributed by atoms with Gasteiger partial charge in [0.2, 0.25) is 0 Å². The maximum atomic E-state index is 10.7. The van der Waals surface area contributed by atoms with E-state index in [4.69, 9.17) is 16.7 Å². The van der Waals surface area contributed by atoms with Crippen LogP contribution in [0, 0.1) is 0 Å². The summed E-state index contributed by atoms with van der Waals surface area (Å²) >= 11 is 5.69. The fourth-order valence-electron chi connectivity index (χ4n) is 1.01. The van der Waals surface area contributed by atoms with Gasteiger partial charge in [0.1, 0.15) is 6.29 Å². The number of rotatable bonds is 3. The van der Waals surface area contributed by atoms with E-state index in [0.29, 0.717) is 16.9 Å². The van der Waals surface area contributed by atoms with Gasteiger partial charge in [-0.25, -0.2) is 4.79 Å². The zero-order valence-electron chi connectivity index (χ0n) is 7.11. The Labute approximate surface area is 85.6 Å². The number of carbonyl (C=O) groups is 2. The van der Waals surface area contributed by atoms with Crippen LogP contribution in [0.2, 0.25) is 5.02 Å². The van der Waals surface area contributed by atoms with Gasteiger partial charge in [-0.05, 0) is 29.8 Å². The second-order valence-electron chi connectivity index (χ2n) is 2.53. The molecule has 0 aliphatic heterocycles. The smallest absolute Gasteiger partial charge is 0.336 e. The molecule has 0 saturated carbocycles. The van der Waals surface area contributed by atoms with Crippen molar-refractivity contribution in [1.29, 1.82) is 0 Å². The third-order valence-electron chi connectivity index (χ3n) is 1.60. The predicted molar refractivity (Wildman–Crippen MR) is 53.5 cm³/mol. The van der Waals surface area contributed by atoms with Crippen LogP contribution >= 0.6 is 11.6 Å². The number of aldehydes is 1. The second kappa shape index (κ2) is 4.58. The van der Waals surface area contributed by atoms with Crippen molar-refractivity contribution < 1.29 is 14.7 Å². The fraction of sp³-hybridized carbons (Fsp3) is 0. The second-order valence-corrected chi connectivity index (χ2v) is 2.97. The van der Waals surface area contributed by atoms with Crippen LogP contribution in [0.3, 0.4) is 0 Å². The molecule has 72 valence electrons. The Balaban J connectivity index is 3.22. The van der Waals surface area contributed by atoms with Crippen molar-refractivity contribution in [3.63, 3.8) is 0 Å². The van der Waals surface area contributed by atoms with Crippen LogP contribution in [0.4, 0.5) is 0 Å². The Morgan fingerprint density at radius 1 is 1.43 bits per heavy atom. The van der Waals surface area contributed by atoms with Crippen molar-refractivity contribution in [2.45, 2.75) is 0 Å². The van der Waals surface area contributed by atoms with Crippen LogP contribution < -0.4 is 0 Å². The molecule has 0 saturated heterocycles. The van der Waals surface area contributed by atoms with Crippen LogP contribution in [0.1, 0.15) is 15.9 Å². The Bertz CT molecular complexity index is 396. The monoisotopic (exact) mass is 210 g/mol. The molecule has 0 heterocycles. The Hall–Kier alpha value is -1.61. The molecule has 0 atom stereocenters. The zero-order chi connectivity index (χ0) is 10.6. The Morgan fingerprint density at radius 3 is 2.71 bits per heavy atom. The highest BCUT2D eigenvalue weighted by Gasteiger charge is 2.07. The highest BCUT2D eigenvalue weighted by molar-refractivity contribution is 6.30. The number of hydrogen-bond donors (Lipinski definition) is 1. The fourth-order valence-corrected chi connectivity index (χ4v) is 1.19. The van der Waals surface area contributed by atoms with Gasteiger partial charge in [-0.2, -0.15) is 0 Å². The molecular weight excluding hydrogens is 204 g/mol. The molecule has 0 spiro atoms. The van der Waals surface area contributed by atoms with E-state index >= 15 is 0 Å². The van der Waals surface area contributed by atoms with E-state index < -0.39 is 5.97 Å². The summed E-state index contributed by atoms with van der Waals surface area (Å²) in [6.45, 7) is 0. The van der Waals surface area contributed by atoms with Crippen molar-refractivity contribution in [3.8, 4) is 0 Å². The standard InChI is InChI=1S/C10H7ClO3/c11-8-3-4-9(10(13)14)7(6-8)2-1-5-12/h1-6H,(H,13,14). The summed E-state index contributed by atoms with van der Waals surface area (Å²) in [4.78, 5) is 20.8. The lowest BCUT2D eigenvalue weighted by atomic mass is 10.1. The first-order valence-electron chi connectivity index (χ1n) is 3.80. The minimum Gasteiger partial charge on any atom is -0.478 e. The van der Waals surface area contributed by atoms with Gasteiger partial charge in [0.15, 0.2) is 0 Å². The lowest BCUT2D eigenvalue weighted by molar-refractivity contribution is -0.104. The third-order valence-corrected chi connectivity index (χ3v) is 1.83. The van der Waals surface area contributed by atoms with Crippen LogP contribution in [0.15, 0.2) is 24.3 Å². The Kier molecular flexibility index (Phi) is 3.42. The first-order valence-corrected chi connectivity index (χ1v) is 4.17. The van der Waals surface area contributed by atoms with Gasteiger partial charge < -0.3 is 5.11 Å². The van der Waals surface area contributed by atoms with E-state index in [2.05, 4.69) is 0 Å². The van der Waals surface area contributed by atoms with Crippen LogP contribution in [0.5, 0.6) is 0 Å². The number of carboxylic acid groups (broad SMARTS) is 1. The van der Waals surface area contributed by atoms with Gasteiger partial charge in [0.05, 0.1) is 5.56 Å². The molecule has 0 unspecified atom stereocenters. The first-order chi connectivity index (χ1) is 6.65. The number of carboxylic acids is 1. The molecule has 4 heteroatoms. The lowest BCUT2D eigenvalue weighted by Gasteiger charge is -2.00. The largest absolute Gasteiger partial charge is 0.478 e. The minimum atomic E-state index is -1.05. The first kappa shape index (κ1) is 10.5. The van der Waals surface area contributed by atoms with Gasteiger partial charge in [0.25, 0.3) is 0 Å². The summed E-state index contributed by atoms with van der Waals surface area (Å²) in [5.41, 5.74) is 0.532. The summed E-state index contributed by atoms with van der Waals surface area (Å²) in [5.74, 6) is -1.05. The average molecular weight is 211 g/mol. The van der Waals surface area contributed by atoms with Gasteiger partial charge in [-0.15, -0.1) is 0 Å². The predicted octanol–water partition coefficient (Wildman–Crippen LogP) is 2.25. The number of hydrogen-bond acceptors (Lipinski definition) is 2. The maximum absolute atomic E-state index is 10.7. The topological polar surface area (TPSA) is 54.4 Å². The molecule has 0 fully saturated rings. The van der Waals surface area contributed by atoms with Crippen LogP contribution in [-0.2, 0) is 4.79 Å². The molecule has 1 rings (SSSR count). The van der Waals surface area contributed by atoms with E-state index in [1.807, 2.05) is 0 Å². The molecule has 0 bridgehead atoms. The number of benzene rings is 1. The lowest BCUT2D eigenvalue weighted by Crippen LogP contribution is -1.98. The summed E-state index contributed by atoms with van der Waals surface area (Å²) < 4.78 is 0. The molecular formula is C10H7ClO3. The molecule has 0 aliphatic carbocycles. The Morgan fingerprint density at radius 2 is 2.14 bits per heavy atom. The van der Waals surface area contributed by atoms with Gasteiger partial charge >= 0.3 is 5.97 Å². The van der Waals surface area contributed by atoms with E-state index in [-0.39, 0.29) is 5.56 Å². The number of halogens is 1. The summed E-state index contributed by atoms with van der Waals surface area (Å²) in [5, 5.41) is 9.22. The molecule has 1 aromatic rings. The van der Waals surface area contributed by atoms with E-state index in [9.17, 15) is 9.59 Å². The highest BCUT2D eigenvalue weighted by Crippen LogP contribution is 2.17. The number of carbonyl (C=O) groups excluding carboxylic acids is 1. The average Bonchev–Trinajstić information content (AvgIpc) is 2.14. The number of allylic oxidation sites excluding steroid dienone is 1. The third kappa shape index (κ3) is 2.44. The summed E-state index contributed by atoms with van der Waals surface area (Å²) in [7, 11) is 0.